The van der Waals surface area contributed by atoms with E-state index in [0.29, 0.717) is 22.8 Å². The summed E-state index contributed by atoms with van der Waals surface area (Å²) in [7, 11) is 0. The first-order chi connectivity index (χ1) is 8.54. The molecular formula is C11H15N5OS. The van der Waals surface area contributed by atoms with E-state index in [1.807, 2.05) is 25.3 Å². The summed E-state index contributed by atoms with van der Waals surface area (Å²) in [6.45, 7) is 6.44. The van der Waals surface area contributed by atoms with Gasteiger partial charge in [0.15, 0.2) is 10.6 Å². The van der Waals surface area contributed by atoms with E-state index in [1.54, 1.807) is 6.07 Å². The summed E-state index contributed by atoms with van der Waals surface area (Å²) in [6, 6.07) is 3.34. The number of aromatic amines is 1. The molecule has 0 aliphatic carbocycles. The molecule has 0 amide bonds. The fourth-order valence-corrected chi connectivity index (χ4v) is 2.10. The predicted molar refractivity (Wildman–Crippen MR) is 71.0 cm³/mol. The molecule has 1 N–H and O–H groups in total. The Morgan fingerprint density at radius 2 is 2.17 bits per heavy atom. The van der Waals surface area contributed by atoms with E-state index in [4.69, 9.17) is 12.2 Å². The number of aromatic nitrogens is 5. The molecule has 2 heterocycles. The van der Waals surface area contributed by atoms with Gasteiger partial charge < -0.3 is 0 Å². The van der Waals surface area contributed by atoms with Crippen molar-refractivity contribution >= 4 is 12.2 Å². The average Bonchev–Trinajstić information content (AvgIpc) is 2.72. The van der Waals surface area contributed by atoms with Crippen LogP contribution in [-0.4, -0.2) is 24.5 Å². The Morgan fingerprint density at radius 1 is 1.44 bits per heavy atom. The SMILES string of the molecule is CCn1nc(-c2n[nH]c(=S)n2C(C)C)ccc1=O. The summed E-state index contributed by atoms with van der Waals surface area (Å²) in [5, 5.41) is 11.2. The molecule has 0 aliphatic rings. The second-order valence-electron chi connectivity index (χ2n) is 4.19. The van der Waals surface area contributed by atoms with E-state index in [0.717, 1.165) is 0 Å². The monoisotopic (exact) mass is 265 g/mol. The minimum Gasteiger partial charge on any atom is -0.296 e. The van der Waals surface area contributed by atoms with E-state index in [2.05, 4.69) is 15.3 Å². The van der Waals surface area contributed by atoms with Gasteiger partial charge in [-0.1, -0.05) is 0 Å². The highest BCUT2D eigenvalue weighted by Gasteiger charge is 2.13. The highest BCUT2D eigenvalue weighted by molar-refractivity contribution is 7.71. The number of H-pyrrole nitrogens is 1. The quantitative estimate of drug-likeness (QED) is 0.859. The zero-order chi connectivity index (χ0) is 13.3. The van der Waals surface area contributed by atoms with E-state index >= 15 is 0 Å². The van der Waals surface area contributed by atoms with Gasteiger partial charge in [0, 0.05) is 18.7 Å². The van der Waals surface area contributed by atoms with Crippen molar-refractivity contribution in [1.82, 2.24) is 24.5 Å². The highest BCUT2D eigenvalue weighted by Crippen LogP contribution is 2.17. The van der Waals surface area contributed by atoms with Crippen LogP contribution in [0.5, 0.6) is 0 Å². The average molecular weight is 265 g/mol. The lowest BCUT2D eigenvalue weighted by Crippen LogP contribution is -2.21. The maximum atomic E-state index is 11.5. The Hall–Kier alpha value is -1.76. The number of nitrogens with one attached hydrogen (secondary N) is 1. The van der Waals surface area contributed by atoms with Crippen molar-refractivity contribution in [3.63, 3.8) is 0 Å². The molecule has 2 aromatic heterocycles. The van der Waals surface area contributed by atoms with E-state index in [1.165, 1.54) is 10.7 Å². The Bertz CT molecular complexity index is 667. The molecule has 0 aliphatic heterocycles. The Balaban J connectivity index is 2.62. The van der Waals surface area contributed by atoms with Gasteiger partial charge in [0.25, 0.3) is 5.56 Å². The number of hydrogen-bond donors (Lipinski definition) is 1. The van der Waals surface area contributed by atoms with Gasteiger partial charge in [-0.25, -0.2) is 4.68 Å². The maximum absolute atomic E-state index is 11.5. The number of nitrogens with zero attached hydrogens (tertiary/aromatic N) is 4. The molecule has 2 aromatic rings. The van der Waals surface area contributed by atoms with Crippen molar-refractivity contribution in [1.29, 1.82) is 0 Å². The van der Waals surface area contributed by atoms with Gasteiger partial charge in [-0.3, -0.25) is 14.5 Å². The third-order valence-corrected chi connectivity index (χ3v) is 2.90. The highest BCUT2D eigenvalue weighted by atomic mass is 32.1. The van der Waals surface area contributed by atoms with Crippen LogP contribution in [0.1, 0.15) is 26.8 Å². The smallest absolute Gasteiger partial charge is 0.266 e. The topological polar surface area (TPSA) is 68.5 Å². The van der Waals surface area contributed by atoms with Crippen molar-refractivity contribution in [2.24, 2.45) is 0 Å². The molecule has 18 heavy (non-hydrogen) atoms. The molecular weight excluding hydrogens is 250 g/mol. The zero-order valence-corrected chi connectivity index (χ0v) is 11.4. The van der Waals surface area contributed by atoms with Crippen LogP contribution in [0.4, 0.5) is 0 Å². The summed E-state index contributed by atoms with van der Waals surface area (Å²) < 4.78 is 3.83. The standard InChI is InChI=1S/C11H15N5OS/c1-4-15-9(17)6-5-8(14-15)10-12-13-11(18)16(10)7(2)3/h5-7H,4H2,1-3H3,(H,13,18). The molecule has 0 radical (unpaired) electrons. The molecule has 0 spiro atoms. The summed E-state index contributed by atoms with van der Waals surface area (Å²) in [5.74, 6) is 0.650. The minimum absolute atomic E-state index is 0.119. The van der Waals surface area contributed by atoms with Gasteiger partial charge in [-0.2, -0.15) is 10.2 Å². The van der Waals surface area contributed by atoms with Gasteiger partial charge in [-0.15, -0.1) is 0 Å². The predicted octanol–water partition coefficient (Wildman–Crippen LogP) is 1.77. The van der Waals surface area contributed by atoms with Crippen LogP contribution in [0.3, 0.4) is 0 Å². The van der Waals surface area contributed by atoms with Crippen LogP contribution in [-0.2, 0) is 6.54 Å². The van der Waals surface area contributed by atoms with Crippen LogP contribution >= 0.6 is 12.2 Å². The number of hydrogen-bond acceptors (Lipinski definition) is 4. The van der Waals surface area contributed by atoms with Crippen LogP contribution in [0.2, 0.25) is 0 Å². The second kappa shape index (κ2) is 4.85. The van der Waals surface area contributed by atoms with Crippen molar-refractivity contribution in [2.75, 3.05) is 0 Å². The number of aryl methyl sites for hydroxylation is 1. The molecule has 0 atom stereocenters. The molecule has 0 fully saturated rings. The van der Waals surface area contributed by atoms with Crippen LogP contribution in [0.25, 0.3) is 11.5 Å². The number of rotatable bonds is 3. The largest absolute Gasteiger partial charge is 0.296 e. The fraction of sp³-hybridized carbons (Fsp3) is 0.455. The molecule has 0 saturated heterocycles. The molecule has 0 saturated carbocycles. The van der Waals surface area contributed by atoms with Gasteiger partial charge in [0.2, 0.25) is 0 Å². The van der Waals surface area contributed by atoms with Gasteiger partial charge in [0.1, 0.15) is 5.69 Å². The summed E-state index contributed by atoms with van der Waals surface area (Å²) in [4.78, 5) is 11.5. The van der Waals surface area contributed by atoms with E-state index < -0.39 is 0 Å². The van der Waals surface area contributed by atoms with Crippen molar-refractivity contribution in [3.05, 3.63) is 27.3 Å². The molecule has 2 rings (SSSR count). The normalized spacial score (nSPS) is 11.1. The van der Waals surface area contributed by atoms with E-state index in [-0.39, 0.29) is 11.6 Å². The first kappa shape index (κ1) is 12.7. The van der Waals surface area contributed by atoms with Crippen LogP contribution < -0.4 is 5.56 Å². The van der Waals surface area contributed by atoms with Crippen LogP contribution in [0.15, 0.2) is 16.9 Å². The molecule has 0 unspecified atom stereocenters. The summed E-state index contributed by atoms with van der Waals surface area (Å²) in [6.07, 6.45) is 0. The van der Waals surface area contributed by atoms with Gasteiger partial charge in [-0.05, 0) is 39.1 Å². The Labute approximate surface area is 109 Å². The van der Waals surface area contributed by atoms with E-state index in [9.17, 15) is 4.79 Å². The Kier molecular flexibility index (Phi) is 3.42. The first-order valence-electron chi connectivity index (χ1n) is 5.80. The van der Waals surface area contributed by atoms with Crippen molar-refractivity contribution < 1.29 is 0 Å². The third-order valence-electron chi connectivity index (χ3n) is 2.62. The third kappa shape index (κ3) is 2.13. The molecule has 6 nitrogen and oxygen atoms in total. The molecule has 0 bridgehead atoms. The Morgan fingerprint density at radius 3 is 2.78 bits per heavy atom. The first-order valence-corrected chi connectivity index (χ1v) is 6.21. The lowest BCUT2D eigenvalue weighted by Gasteiger charge is -2.10. The van der Waals surface area contributed by atoms with Crippen molar-refractivity contribution in [2.45, 2.75) is 33.4 Å². The fourth-order valence-electron chi connectivity index (χ4n) is 1.76. The molecule has 96 valence electrons. The maximum Gasteiger partial charge on any atom is 0.266 e. The minimum atomic E-state index is -0.119. The van der Waals surface area contributed by atoms with Gasteiger partial charge in [0.05, 0.1) is 0 Å². The second-order valence-corrected chi connectivity index (χ2v) is 4.58. The van der Waals surface area contributed by atoms with Gasteiger partial charge >= 0.3 is 0 Å². The lowest BCUT2D eigenvalue weighted by atomic mass is 10.3. The summed E-state index contributed by atoms with van der Waals surface area (Å²) in [5.41, 5.74) is 0.518. The van der Waals surface area contributed by atoms with Crippen LogP contribution in [0, 0.1) is 4.77 Å². The lowest BCUT2D eigenvalue weighted by molar-refractivity contribution is 0.585. The molecule has 7 heteroatoms. The van der Waals surface area contributed by atoms with Crippen molar-refractivity contribution in [3.8, 4) is 11.5 Å². The zero-order valence-electron chi connectivity index (χ0n) is 10.5. The molecule has 0 aromatic carbocycles. The summed E-state index contributed by atoms with van der Waals surface area (Å²) >= 11 is 5.18.